The molecule has 106 valence electrons. The summed E-state index contributed by atoms with van der Waals surface area (Å²) in [6, 6.07) is 0.861. The number of hydrogen-bond acceptors (Lipinski definition) is 2. The van der Waals surface area contributed by atoms with Crippen molar-refractivity contribution in [2.45, 2.75) is 57.0 Å². The number of fused-ring (bicyclic) bond motifs is 2. The number of carbonyl (C=O) groups is 1. The fourth-order valence-electron chi connectivity index (χ4n) is 5.58. The highest BCUT2D eigenvalue weighted by Gasteiger charge is 2.58. The van der Waals surface area contributed by atoms with Crippen molar-refractivity contribution in [2.75, 3.05) is 19.6 Å². The molecule has 0 aromatic heterocycles. The molecule has 19 heavy (non-hydrogen) atoms. The van der Waals surface area contributed by atoms with E-state index in [2.05, 4.69) is 4.90 Å². The molecule has 0 aromatic carbocycles. The van der Waals surface area contributed by atoms with Crippen LogP contribution in [0.3, 0.4) is 0 Å². The molecule has 0 spiro atoms. The van der Waals surface area contributed by atoms with Crippen molar-refractivity contribution in [3.05, 3.63) is 0 Å². The van der Waals surface area contributed by atoms with Crippen LogP contribution >= 0.6 is 0 Å². The summed E-state index contributed by atoms with van der Waals surface area (Å²) in [7, 11) is 0. The van der Waals surface area contributed by atoms with E-state index < -0.39 is 0 Å². The van der Waals surface area contributed by atoms with Gasteiger partial charge in [0.2, 0.25) is 5.91 Å². The summed E-state index contributed by atoms with van der Waals surface area (Å²) in [5.74, 6) is 1.48. The Hall–Kier alpha value is -0.610. The van der Waals surface area contributed by atoms with E-state index in [1.165, 1.54) is 19.3 Å². The SMILES string of the molecule is O=C1CCC[C@@H]2[C@H]3CCC[N@+]4(O)CCC[C@@H](CN12)[C@@H]34. The second-order valence-electron chi connectivity index (χ2n) is 7.14. The molecule has 4 fully saturated rings. The highest BCUT2D eigenvalue weighted by atomic mass is 16.5. The average Bonchev–Trinajstić information content (AvgIpc) is 2.40. The van der Waals surface area contributed by atoms with Gasteiger partial charge in [0.1, 0.15) is 19.1 Å². The van der Waals surface area contributed by atoms with Gasteiger partial charge >= 0.3 is 0 Å². The Bertz CT molecular complexity index is 396. The third-order valence-corrected chi connectivity index (χ3v) is 6.22. The molecule has 4 saturated heterocycles. The Morgan fingerprint density at radius 3 is 2.74 bits per heavy atom. The maximum atomic E-state index is 12.2. The third kappa shape index (κ3) is 1.69. The first-order valence-electron chi connectivity index (χ1n) is 8.08. The minimum Gasteiger partial charge on any atom is -0.339 e. The van der Waals surface area contributed by atoms with Crippen LogP contribution in [0.2, 0.25) is 0 Å². The molecule has 4 aliphatic rings. The van der Waals surface area contributed by atoms with Gasteiger partial charge in [-0.2, -0.15) is 4.65 Å². The third-order valence-electron chi connectivity index (χ3n) is 6.22. The van der Waals surface area contributed by atoms with E-state index in [0.717, 1.165) is 45.3 Å². The first kappa shape index (κ1) is 12.2. The Morgan fingerprint density at radius 2 is 1.89 bits per heavy atom. The van der Waals surface area contributed by atoms with E-state index in [4.69, 9.17) is 0 Å². The van der Waals surface area contributed by atoms with E-state index in [-0.39, 0.29) is 0 Å². The van der Waals surface area contributed by atoms with Crippen LogP contribution in [0.25, 0.3) is 0 Å². The number of amides is 1. The average molecular weight is 265 g/mol. The van der Waals surface area contributed by atoms with Gasteiger partial charge in [-0.3, -0.25) is 4.79 Å². The Morgan fingerprint density at radius 1 is 1.11 bits per heavy atom. The number of hydrogen-bond donors (Lipinski definition) is 1. The van der Waals surface area contributed by atoms with Crippen molar-refractivity contribution in [3.8, 4) is 0 Å². The van der Waals surface area contributed by atoms with Crippen molar-refractivity contribution in [3.63, 3.8) is 0 Å². The van der Waals surface area contributed by atoms with E-state index in [9.17, 15) is 10.0 Å². The Kier molecular flexibility index (Phi) is 2.68. The van der Waals surface area contributed by atoms with Crippen LogP contribution in [0, 0.1) is 11.8 Å². The van der Waals surface area contributed by atoms with Gasteiger partial charge in [-0.1, -0.05) is 0 Å². The van der Waals surface area contributed by atoms with Crippen molar-refractivity contribution in [1.82, 2.24) is 4.90 Å². The number of hydroxylamine groups is 3. The Balaban J connectivity index is 1.69. The van der Waals surface area contributed by atoms with Gasteiger partial charge in [0.25, 0.3) is 0 Å². The lowest BCUT2D eigenvalue weighted by Crippen LogP contribution is -2.72. The number of nitrogens with zero attached hydrogens (tertiary/aromatic N) is 2. The summed E-state index contributed by atoms with van der Waals surface area (Å²) in [6.45, 7) is 2.81. The van der Waals surface area contributed by atoms with Crippen molar-refractivity contribution in [1.29, 1.82) is 0 Å². The lowest BCUT2D eigenvalue weighted by molar-refractivity contribution is -1.13. The van der Waals surface area contributed by atoms with Crippen LogP contribution in [0.1, 0.15) is 44.9 Å². The summed E-state index contributed by atoms with van der Waals surface area (Å²) in [5.41, 5.74) is 0. The molecular weight excluding hydrogens is 240 g/mol. The van der Waals surface area contributed by atoms with Crippen LogP contribution in [0.15, 0.2) is 0 Å². The summed E-state index contributed by atoms with van der Waals surface area (Å²) in [4.78, 5) is 14.4. The molecule has 1 N–H and O–H groups in total. The second kappa shape index (κ2) is 4.19. The summed E-state index contributed by atoms with van der Waals surface area (Å²) in [5, 5.41) is 11.0. The van der Waals surface area contributed by atoms with Gasteiger partial charge in [0.15, 0.2) is 0 Å². The van der Waals surface area contributed by atoms with Gasteiger partial charge in [0, 0.05) is 43.7 Å². The molecule has 0 unspecified atom stereocenters. The summed E-state index contributed by atoms with van der Waals surface area (Å²) >= 11 is 0. The van der Waals surface area contributed by atoms with E-state index >= 15 is 0 Å². The summed E-state index contributed by atoms with van der Waals surface area (Å²) in [6.07, 6.45) is 7.65. The van der Waals surface area contributed by atoms with Crippen molar-refractivity contribution >= 4 is 5.91 Å². The molecule has 4 heteroatoms. The zero-order valence-electron chi connectivity index (χ0n) is 11.6. The molecule has 0 aromatic rings. The van der Waals surface area contributed by atoms with Crippen LogP contribution in [-0.2, 0) is 4.79 Å². The van der Waals surface area contributed by atoms with E-state index in [1.54, 1.807) is 0 Å². The quantitative estimate of drug-likeness (QED) is 0.678. The monoisotopic (exact) mass is 265 g/mol. The topological polar surface area (TPSA) is 40.5 Å². The predicted molar refractivity (Wildman–Crippen MR) is 70.4 cm³/mol. The molecule has 0 radical (unpaired) electrons. The molecule has 4 rings (SSSR count). The highest BCUT2D eigenvalue weighted by Crippen LogP contribution is 2.47. The molecule has 4 nitrogen and oxygen atoms in total. The van der Waals surface area contributed by atoms with Crippen LogP contribution in [0.5, 0.6) is 0 Å². The van der Waals surface area contributed by atoms with Gasteiger partial charge in [-0.25, -0.2) is 5.21 Å². The van der Waals surface area contributed by atoms with Crippen LogP contribution in [0.4, 0.5) is 0 Å². The molecule has 0 saturated carbocycles. The minimum absolute atomic E-state index is 0.327. The van der Waals surface area contributed by atoms with E-state index in [0.29, 0.717) is 34.5 Å². The highest BCUT2D eigenvalue weighted by molar-refractivity contribution is 5.77. The van der Waals surface area contributed by atoms with Gasteiger partial charge in [-0.05, 0) is 25.7 Å². The number of rotatable bonds is 0. The molecule has 4 heterocycles. The molecular formula is C15H25N2O2+. The number of quaternary nitrogens is 1. The van der Waals surface area contributed by atoms with Gasteiger partial charge in [-0.15, -0.1) is 0 Å². The van der Waals surface area contributed by atoms with Gasteiger partial charge in [0.05, 0.1) is 0 Å². The van der Waals surface area contributed by atoms with E-state index in [1.807, 2.05) is 0 Å². The van der Waals surface area contributed by atoms with Crippen LogP contribution < -0.4 is 0 Å². The number of piperidine rings is 4. The lowest BCUT2D eigenvalue weighted by atomic mass is 9.67. The van der Waals surface area contributed by atoms with Crippen molar-refractivity contribution < 1.29 is 14.6 Å². The fourth-order valence-corrected chi connectivity index (χ4v) is 5.58. The fraction of sp³-hybridized carbons (Fsp3) is 0.933. The normalized spacial score (nSPS) is 49.5. The molecule has 0 bridgehead atoms. The first-order chi connectivity index (χ1) is 9.19. The first-order valence-corrected chi connectivity index (χ1v) is 8.08. The summed E-state index contributed by atoms with van der Waals surface area (Å²) < 4.78 is 0.327. The molecule has 5 atom stereocenters. The zero-order chi connectivity index (χ0) is 13.0. The van der Waals surface area contributed by atoms with Gasteiger partial charge < -0.3 is 4.90 Å². The smallest absolute Gasteiger partial charge is 0.222 e. The molecule has 1 amide bonds. The standard InChI is InChI=1S/C15H25N2O2/c18-14-7-1-6-13-12-5-3-9-17(19)8-2-4-11(15(12)17)10-16(13)14/h11-13,15,19H,1-10H2/q+1/t11-,12+,13+,15-,17+/m0/s1. The molecule has 4 aliphatic heterocycles. The lowest BCUT2D eigenvalue weighted by Gasteiger charge is -2.58. The maximum absolute atomic E-state index is 12.2. The maximum Gasteiger partial charge on any atom is 0.222 e. The zero-order valence-corrected chi connectivity index (χ0v) is 11.6. The second-order valence-corrected chi connectivity index (χ2v) is 7.14. The minimum atomic E-state index is 0.327. The largest absolute Gasteiger partial charge is 0.339 e. The molecule has 0 aliphatic carbocycles. The number of carbonyl (C=O) groups excluding carboxylic acids is 1. The van der Waals surface area contributed by atoms with Crippen molar-refractivity contribution in [2.24, 2.45) is 11.8 Å². The Labute approximate surface area is 114 Å². The predicted octanol–water partition coefficient (Wildman–Crippen LogP) is 1.78. The van der Waals surface area contributed by atoms with Crippen LogP contribution in [-0.4, -0.2) is 52.4 Å².